The van der Waals surface area contributed by atoms with Crippen molar-refractivity contribution in [2.45, 2.75) is 24.7 Å². The predicted molar refractivity (Wildman–Crippen MR) is 93.3 cm³/mol. The van der Waals surface area contributed by atoms with E-state index in [0.29, 0.717) is 11.5 Å². The number of benzene rings is 1. The van der Waals surface area contributed by atoms with Gasteiger partial charge in [0.2, 0.25) is 15.9 Å². The van der Waals surface area contributed by atoms with Gasteiger partial charge in [-0.25, -0.2) is 13.1 Å². The zero-order chi connectivity index (χ0) is 17.7. The minimum atomic E-state index is -3.63. The highest BCUT2D eigenvalue weighted by atomic mass is 32.2. The Bertz CT molecular complexity index is 720. The first-order chi connectivity index (χ1) is 11.4. The van der Waals surface area contributed by atoms with Crippen molar-refractivity contribution in [3.05, 3.63) is 29.8 Å². The monoisotopic (exact) mass is 352 g/mol. The predicted octanol–water partition coefficient (Wildman–Crippen LogP) is 1.87. The number of amides is 1. The molecular weight excluding hydrogens is 328 g/mol. The normalized spacial score (nSPS) is 16.5. The largest absolute Gasteiger partial charge is 0.495 e. The van der Waals surface area contributed by atoms with Gasteiger partial charge in [0.15, 0.2) is 0 Å². The lowest BCUT2D eigenvalue weighted by molar-refractivity contribution is -0.127. The zero-order valence-electron chi connectivity index (χ0n) is 14.3. The summed E-state index contributed by atoms with van der Waals surface area (Å²) in [6.07, 6.45) is 5.17. The molecule has 0 aliphatic carbocycles. The summed E-state index contributed by atoms with van der Waals surface area (Å²) in [6.45, 7) is 3.73. The number of ether oxygens (including phenoxy) is 1. The van der Waals surface area contributed by atoms with Crippen LogP contribution in [0.5, 0.6) is 5.75 Å². The van der Waals surface area contributed by atoms with E-state index in [0.717, 1.165) is 25.9 Å². The number of carbonyl (C=O) groups excluding carboxylic acids is 1. The van der Waals surface area contributed by atoms with E-state index in [2.05, 4.69) is 11.6 Å². The first-order valence-electron chi connectivity index (χ1n) is 7.96. The fourth-order valence-electron chi connectivity index (χ4n) is 2.62. The highest BCUT2D eigenvalue weighted by Gasteiger charge is 2.19. The van der Waals surface area contributed by atoms with E-state index in [9.17, 15) is 13.2 Å². The number of piperidine rings is 1. The van der Waals surface area contributed by atoms with Gasteiger partial charge in [0.25, 0.3) is 0 Å². The Balaban J connectivity index is 2.18. The van der Waals surface area contributed by atoms with Crippen LogP contribution in [-0.4, -0.2) is 46.5 Å². The lowest BCUT2D eigenvalue weighted by Gasteiger charge is -2.29. The standard InChI is InChI=1S/C17H24N2O4S/c1-13-8-10-19(11-9-13)17(20)7-5-14-4-6-15(23-3)16(12-14)24(21,22)18-2/h4-7,12-13,18H,8-11H2,1-3H3/b7-5+. The van der Waals surface area contributed by atoms with Gasteiger partial charge in [0.1, 0.15) is 10.6 Å². The van der Waals surface area contributed by atoms with Gasteiger partial charge in [0.05, 0.1) is 7.11 Å². The van der Waals surface area contributed by atoms with Crippen LogP contribution in [0.1, 0.15) is 25.3 Å². The first-order valence-corrected chi connectivity index (χ1v) is 9.44. The molecule has 0 spiro atoms. The average molecular weight is 352 g/mol. The van der Waals surface area contributed by atoms with Gasteiger partial charge in [-0.05, 0) is 49.6 Å². The molecule has 0 atom stereocenters. The summed E-state index contributed by atoms with van der Waals surface area (Å²) >= 11 is 0. The molecule has 24 heavy (non-hydrogen) atoms. The van der Waals surface area contributed by atoms with Gasteiger partial charge in [-0.3, -0.25) is 4.79 Å². The Labute approximate surface area is 143 Å². The average Bonchev–Trinajstić information content (AvgIpc) is 2.60. The SMILES string of the molecule is CNS(=O)(=O)c1cc(/C=C/C(=O)N2CCC(C)CC2)ccc1OC. The van der Waals surface area contributed by atoms with Crippen LogP contribution in [0.25, 0.3) is 6.08 Å². The molecule has 1 fully saturated rings. The summed E-state index contributed by atoms with van der Waals surface area (Å²) in [5, 5.41) is 0. The van der Waals surface area contributed by atoms with Gasteiger partial charge in [-0.2, -0.15) is 0 Å². The second-order valence-electron chi connectivity index (χ2n) is 5.96. The Hall–Kier alpha value is -1.86. The minimum Gasteiger partial charge on any atom is -0.495 e. The molecule has 1 saturated heterocycles. The molecule has 0 saturated carbocycles. The van der Waals surface area contributed by atoms with Crippen molar-refractivity contribution in [3.8, 4) is 5.75 Å². The van der Waals surface area contributed by atoms with E-state index in [4.69, 9.17) is 4.74 Å². The molecule has 1 amide bonds. The minimum absolute atomic E-state index is 0.0456. The molecule has 2 rings (SSSR count). The maximum atomic E-state index is 12.2. The molecule has 0 unspecified atom stereocenters. The van der Waals surface area contributed by atoms with Gasteiger partial charge in [-0.15, -0.1) is 0 Å². The Morgan fingerprint density at radius 2 is 2.00 bits per heavy atom. The molecule has 1 aromatic carbocycles. The van der Waals surface area contributed by atoms with Crippen LogP contribution in [0.4, 0.5) is 0 Å². The second kappa shape index (κ2) is 7.81. The molecule has 6 nitrogen and oxygen atoms in total. The topological polar surface area (TPSA) is 75.7 Å². The summed E-state index contributed by atoms with van der Waals surface area (Å²) in [5.74, 6) is 0.877. The van der Waals surface area contributed by atoms with E-state index in [-0.39, 0.29) is 16.6 Å². The van der Waals surface area contributed by atoms with E-state index in [1.807, 2.05) is 4.90 Å². The van der Waals surface area contributed by atoms with E-state index < -0.39 is 10.0 Å². The number of hydrogen-bond acceptors (Lipinski definition) is 4. The molecule has 0 radical (unpaired) electrons. The highest BCUT2D eigenvalue weighted by Crippen LogP contribution is 2.25. The van der Waals surface area contributed by atoms with E-state index in [1.165, 1.54) is 26.3 Å². The molecule has 1 heterocycles. The van der Waals surface area contributed by atoms with E-state index in [1.54, 1.807) is 18.2 Å². The van der Waals surface area contributed by atoms with Crippen molar-refractivity contribution in [2.24, 2.45) is 5.92 Å². The van der Waals surface area contributed by atoms with E-state index >= 15 is 0 Å². The number of hydrogen-bond donors (Lipinski definition) is 1. The highest BCUT2D eigenvalue weighted by molar-refractivity contribution is 7.89. The van der Waals surface area contributed by atoms with Crippen LogP contribution in [0.2, 0.25) is 0 Å². The maximum Gasteiger partial charge on any atom is 0.246 e. The number of nitrogens with one attached hydrogen (secondary N) is 1. The fraction of sp³-hybridized carbons (Fsp3) is 0.471. The summed E-state index contributed by atoms with van der Waals surface area (Å²) in [7, 11) is -0.870. The molecule has 0 bridgehead atoms. The Kier molecular flexibility index (Phi) is 6.01. The molecule has 132 valence electrons. The van der Waals surface area contributed by atoms with Gasteiger partial charge in [0, 0.05) is 19.2 Å². The van der Waals surface area contributed by atoms with Crippen LogP contribution < -0.4 is 9.46 Å². The molecule has 0 aromatic heterocycles. The molecule has 7 heteroatoms. The van der Waals surface area contributed by atoms with Crippen molar-refractivity contribution in [1.82, 2.24) is 9.62 Å². The maximum absolute atomic E-state index is 12.2. The third-order valence-electron chi connectivity index (χ3n) is 4.26. The number of nitrogens with zero attached hydrogens (tertiary/aromatic N) is 1. The van der Waals surface area contributed by atoms with Crippen LogP contribution in [0.15, 0.2) is 29.2 Å². The molecule has 1 aromatic rings. The lowest BCUT2D eigenvalue weighted by Crippen LogP contribution is -2.36. The van der Waals surface area contributed by atoms with Crippen molar-refractivity contribution >= 4 is 22.0 Å². The van der Waals surface area contributed by atoms with Crippen molar-refractivity contribution in [3.63, 3.8) is 0 Å². The number of rotatable bonds is 5. The first kappa shape index (κ1) is 18.5. The second-order valence-corrected chi connectivity index (χ2v) is 7.81. The Morgan fingerprint density at radius 3 is 2.58 bits per heavy atom. The smallest absolute Gasteiger partial charge is 0.246 e. The quantitative estimate of drug-likeness (QED) is 0.821. The number of likely N-dealkylation sites (tertiary alicyclic amines) is 1. The zero-order valence-corrected chi connectivity index (χ0v) is 15.1. The lowest BCUT2D eigenvalue weighted by atomic mass is 9.99. The fourth-order valence-corrected chi connectivity index (χ4v) is 3.55. The molecule has 1 N–H and O–H groups in total. The Morgan fingerprint density at radius 1 is 1.33 bits per heavy atom. The summed E-state index contributed by atoms with van der Waals surface area (Å²) in [6, 6.07) is 4.79. The van der Waals surface area contributed by atoms with Gasteiger partial charge in [-0.1, -0.05) is 13.0 Å². The number of methoxy groups -OCH3 is 1. The van der Waals surface area contributed by atoms with Crippen LogP contribution in [0, 0.1) is 5.92 Å². The van der Waals surface area contributed by atoms with Gasteiger partial charge >= 0.3 is 0 Å². The summed E-state index contributed by atoms with van der Waals surface area (Å²) in [4.78, 5) is 14.1. The van der Waals surface area contributed by atoms with Crippen molar-refractivity contribution in [2.75, 3.05) is 27.2 Å². The van der Waals surface area contributed by atoms with Crippen molar-refractivity contribution < 1.29 is 17.9 Å². The molecular formula is C17H24N2O4S. The van der Waals surface area contributed by atoms with Crippen LogP contribution in [0.3, 0.4) is 0 Å². The van der Waals surface area contributed by atoms with Gasteiger partial charge < -0.3 is 9.64 Å². The third-order valence-corrected chi connectivity index (χ3v) is 5.70. The number of sulfonamides is 1. The summed E-state index contributed by atoms with van der Waals surface area (Å²) < 4.78 is 31.5. The summed E-state index contributed by atoms with van der Waals surface area (Å²) in [5.41, 5.74) is 0.628. The van der Waals surface area contributed by atoms with Crippen LogP contribution >= 0.6 is 0 Å². The molecule has 1 aliphatic rings. The molecule has 1 aliphatic heterocycles. The number of carbonyl (C=O) groups is 1. The van der Waals surface area contributed by atoms with Crippen molar-refractivity contribution in [1.29, 1.82) is 0 Å². The van der Waals surface area contributed by atoms with Crippen LogP contribution in [-0.2, 0) is 14.8 Å². The third kappa shape index (κ3) is 4.36.